The molecule has 28 heavy (non-hydrogen) atoms. The lowest BCUT2D eigenvalue weighted by Gasteiger charge is -2.08. The second-order valence-electron chi connectivity index (χ2n) is 7.01. The summed E-state index contributed by atoms with van der Waals surface area (Å²) in [6.07, 6.45) is 0.696. The summed E-state index contributed by atoms with van der Waals surface area (Å²) in [6.45, 7) is 0. The van der Waals surface area contributed by atoms with Gasteiger partial charge in [-0.25, -0.2) is 0 Å². The first-order valence-electron chi connectivity index (χ1n) is 9.36. The first-order chi connectivity index (χ1) is 13.7. The Hall–Kier alpha value is -3.59. The lowest BCUT2D eigenvalue weighted by molar-refractivity contribution is 0.650. The molecule has 0 saturated carbocycles. The van der Waals surface area contributed by atoms with Crippen LogP contribution in [0.15, 0.2) is 94.1 Å². The van der Waals surface area contributed by atoms with E-state index in [-0.39, 0.29) is 5.43 Å². The van der Waals surface area contributed by atoms with Crippen LogP contribution in [0, 0.1) is 0 Å². The van der Waals surface area contributed by atoms with Crippen LogP contribution >= 0.6 is 0 Å². The Morgan fingerprint density at radius 2 is 1.46 bits per heavy atom. The first kappa shape index (κ1) is 16.6. The van der Waals surface area contributed by atoms with Crippen LogP contribution in [0.25, 0.3) is 33.2 Å². The Balaban J connectivity index is 1.89. The summed E-state index contributed by atoms with van der Waals surface area (Å²) in [4.78, 5) is 13.4. The van der Waals surface area contributed by atoms with Gasteiger partial charge in [0, 0.05) is 13.5 Å². The van der Waals surface area contributed by atoms with Gasteiger partial charge in [-0.05, 0) is 23.3 Å². The van der Waals surface area contributed by atoms with Gasteiger partial charge in [-0.15, -0.1) is 0 Å². The lowest BCUT2D eigenvalue weighted by atomic mass is 10.1. The molecule has 0 saturated heterocycles. The minimum absolute atomic E-state index is 0.0191. The van der Waals surface area contributed by atoms with Crippen molar-refractivity contribution < 1.29 is 4.42 Å². The maximum Gasteiger partial charge on any atom is 0.202 e. The number of nitrogens with zero attached hydrogens (tertiary/aromatic N) is 1. The molecular weight excluding hydrogens is 346 g/mol. The van der Waals surface area contributed by atoms with Crippen LogP contribution in [0.4, 0.5) is 0 Å². The average molecular weight is 365 g/mol. The van der Waals surface area contributed by atoms with Crippen LogP contribution in [0.1, 0.15) is 11.3 Å². The molecule has 0 N–H and O–H groups in total. The third kappa shape index (κ3) is 2.55. The van der Waals surface area contributed by atoms with Gasteiger partial charge in [-0.2, -0.15) is 0 Å². The zero-order valence-electron chi connectivity index (χ0n) is 15.6. The Morgan fingerprint density at radius 1 is 0.821 bits per heavy atom. The van der Waals surface area contributed by atoms with Crippen molar-refractivity contribution in [1.82, 2.24) is 4.57 Å². The molecule has 2 aromatic heterocycles. The molecular formula is C25H19NO2. The zero-order chi connectivity index (χ0) is 19.1. The summed E-state index contributed by atoms with van der Waals surface area (Å²) in [7, 11) is 2.01. The molecule has 3 nitrogen and oxygen atoms in total. The van der Waals surface area contributed by atoms with E-state index in [2.05, 4.69) is 16.7 Å². The number of hydrogen-bond donors (Lipinski definition) is 0. The SMILES string of the molecule is Cn1c(Cc2ccccc2)c2oc3ccccc3c(=O)c2c1-c1ccccc1. The van der Waals surface area contributed by atoms with Crippen LogP contribution < -0.4 is 5.43 Å². The van der Waals surface area contributed by atoms with Gasteiger partial charge in [0.15, 0.2) is 5.58 Å². The number of benzene rings is 3. The van der Waals surface area contributed by atoms with Crippen LogP contribution in [0.5, 0.6) is 0 Å². The van der Waals surface area contributed by atoms with Crippen LogP contribution in [-0.2, 0) is 13.5 Å². The van der Waals surface area contributed by atoms with E-state index in [0.29, 0.717) is 28.4 Å². The highest BCUT2D eigenvalue weighted by molar-refractivity contribution is 6.00. The summed E-state index contributed by atoms with van der Waals surface area (Å²) in [5.74, 6) is 0. The molecule has 0 aliphatic heterocycles. The van der Waals surface area contributed by atoms with E-state index in [1.807, 2.05) is 79.8 Å². The Bertz CT molecular complexity index is 1350. The minimum Gasteiger partial charge on any atom is -0.454 e. The van der Waals surface area contributed by atoms with E-state index >= 15 is 0 Å². The zero-order valence-corrected chi connectivity index (χ0v) is 15.6. The quantitative estimate of drug-likeness (QED) is 0.421. The third-order valence-corrected chi connectivity index (χ3v) is 5.30. The predicted molar refractivity (Wildman–Crippen MR) is 114 cm³/mol. The topological polar surface area (TPSA) is 35.1 Å². The summed E-state index contributed by atoms with van der Waals surface area (Å²) < 4.78 is 8.40. The highest BCUT2D eigenvalue weighted by atomic mass is 16.3. The lowest BCUT2D eigenvalue weighted by Crippen LogP contribution is -2.02. The fourth-order valence-corrected chi connectivity index (χ4v) is 3.94. The maximum absolute atomic E-state index is 13.4. The number of hydrogen-bond acceptors (Lipinski definition) is 2. The van der Waals surface area contributed by atoms with Gasteiger partial charge in [0.1, 0.15) is 5.58 Å². The summed E-state index contributed by atoms with van der Waals surface area (Å²) in [5, 5.41) is 1.27. The Labute approximate surface area is 162 Å². The average Bonchev–Trinajstić information content (AvgIpc) is 3.02. The molecule has 0 bridgehead atoms. The van der Waals surface area contributed by atoms with Crippen molar-refractivity contribution in [3.63, 3.8) is 0 Å². The van der Waals surface area contributed by atoms with Crippen LogP contribution in [0.2, 0.25) is 0 Å². The molecule has 3 heteroatoms. The number of aromatic nitrogens is 1. The van der Waals surface area contributed by atoms with E-state index < -0.39 is 0 Å². The molecule has 0 unspecified atom stereocenters. The third-order valence-electron chi connectivity index (χ3n) is 5.30. The first-order valence-corrected chi connectivity index (χ1v) is 9.36. The van der Waals surface area contributed by atoms with E-state index in [1.165, 1.54) is 5.56 Å². The summed E-state index contributed by atoms with van der Waals surface area (Å²) in [6, 6.07) is 27.8. The van der Waals surface area contributed by atoms with Crippen molar-refractivity contribution in [3.8, 4) is 11.3 Å². The molecule has 0 spiro atoms. The van der Waals surface area contributed by atoms with Gasteiger partial charge >= 0.3 is 0 Å². The molecule has 5 rings (SSSR count). The molecule has 3 aromatic carbocycles. The normalized spacial score (nSPS) is 11.3. The monoisotopic (exact) mass is 365 g/mol. The molecule has 0 aliphatic rings. The van der Waals surface area contributed by atoms with Crippen LogP contribution in [0.3, 0.4) is 0 Å². The fraction of sp³-hybridized carbons (Fsp3) is 0.0800. The van der Waals surface area contributed by atoms with Crippen molar-refractivity contribution in [2.45, 2.75) is 6.42 Å². The van der Waals surface area contributed by atoms with Gasteiger partial charge in [-0.1, -0.05) is 72.8 Å². The molecule has 136 valence electrons. The Kier molecular flexibility index (Phi) is 3.87. The summed E-state index contributed by atoms with van der Waals surface area (Å²) >= 11 is 0. The van der Waals surface area contributed by atoms with Gasteiger partial charge < -0.3 is 8.98 Å². The van der Waals surface area contributed by atoms with E-state index in [9.17, 15) is 4.79 Å². The largest absolute Gasteiger partial charge is 0.454 e. The predicted octanol–water partition coefficient (Wildman–Crippen LogP) is 5.54. The molecule has 0 radical (unpaired) electrons. The fourth-order valence-electron chi connectivity index (χ4n) is 3.94. The second-order valence-corrected chi connectivity index (χ2v) is 7.01. The van der Waals surface area contributed by atoms with Gasteiger partial charge in [-0.3, -0.25) is 4.79 Å². The van der Waals surface area contributed by atoms with E-state index in [0.717, 1.165) is 17.0 Å². The Morgan fingerprint density at radius 3 is 2.21 bits per heavy atom. The smallest absolute Gasteiger partial charge is 0.202 e. The number of rotatable bonds is 3. The van der Waals surface area contributed by atoms with Gasteiger partial charge in [0.05, 0.1) is 22.2 Å². The van der Waals surface area contributed by atoms with Gasteiger partial charge in [0.2, 0.25) is 5.43 Å². The molecule has 0 fully saturated rings. The summed E-state index contributed by atoms with van der Waals surface area (Å²) in [5.41, 5.74) is 5.42. The van der Waals surface area contributed by atoms with Crippen molar-refractivity contribution in [2.24, 2.45) is 7.05 Å². The number of para-hydroxylation sites is 1. The van der Waals surface area contributed by atoms with E-state index in [4.69, 9.17) is 4.42 Å². The minimum atomic E-state index is 0.0191. The highest BCUT2D eigenvalue weighted by Gasteiger charge is 2.22. The highest BCUT2D eigenvalue weighted by Crippen LogP contribution is 2.34. The number of fused-ring (bicyclic) bond motifs is 2. The molecule has 0 atom stereocenters. The van der Waals surface area contributed by atoms with Crippen molar-refractivity contribution in [3.05, 3.63) is 106 Å². The molecule has 0 amide bonds. The van der Waals surface area contributed by atoms with Crippen LogP contribution in [-0.4, -0.2) is 4.57 Å². The van der Waals surface area contributed by atoms with Gasteiger partial charge in [0.25, 0.3) is 0 Å². The standard InChI is InChI=1S/C25H19NO2/c1-26-20(16-17-10-4-2-5-11-17)25-22(23(26)18-12-6-3-7-13-18)24(27)19-14-8-9-15-21(19)28-25/h2-15H,16H2,1H3. The van der Waals surface area contributed by atoms with E-state index in [1.54, 1.807) is 0 Å². The maximum atomic E-state index is 13.4. The second kappa shape index (κ2) is 6.54. The molecule has 0 aliphatic carbocycles. The van der Waals surface area contributed by atoms with Crippen molar-refractivity contribution in [2.75, 3.05) is 0 Å². The van der Waals surface area contributed by atoms with Crippen molar-refractivity contribution >= 4 is 21.9 Å². The molecule has 5 aromatic rings. The van der Waals surface area contributed by atoms with Crippen molar-refractivity contribution in [1.29, 1.82) is 0 Å². The molecule has 2 heterocycles.